The molecule has 0 saturated carbocycles. The van der Waals surface area contributed by atoms with Crippen LogP contribution in [-0.2, 0) is 13.6 Å². The van der Waals surface area contributed by atoms with Gasteiger partial charge in [-0.3, -0.25) is 4.68 Å². The van der Waals surface area contributed by atoms with Gasteiger partial charge in [0.05, 0.1) is 23.6 Å². The summed E-state index contributed by atoms with van der Waals surface area (Å²) >= 11 is 0. The Hall–Kier alpha value is -1.97. The minimum absolute atomic E-state index is 0.690. The second-order valence-electron chi connectivity index (χ2n) is 3.87. The number of nitrogens with two attached hydrogens (primary N) is 1. The molecule has 1 heterocycles. The largest absolute Gasteiger partial charge is 0.397 e. The molecular weight excluding hydrogens is 200 g/mol. The van der Waals surface area contributed by atoms with Crippen LogP contribution in [0.1, 0.15) is 11.3 Å². The average molecular weight is 216 g/mol. The number of nitrogens with zero attached hydrogens (tertiary/aromatic N) is 2. The molecule has 84 valence electrons. The Morgan fingerprint density at radius 2 is 2.19 bits per heavy atom. The van der Waals surface area contributed by atoms with Gasteiger partial charge in [-0.25, -0.2) is 0 Å². The lowest BCUT2D eigenvalue weighted by Crippen LogP contribution is -2.05. The summed E-state index contributed by atoms with van der Waals surface area (Å²) < 4.78 is 1.79. The van der Waals surface area contributed by atoms with Crippen LogP contribution in [0.5, 0.6) is 0 Å². The summed E-state index contributed by atoms with van der Waals surface area (Å²) in [5.74, 6) is 0. The number of anilines is 2. The van der Waals surface area contributed by atoms with E-state index in [0.717, 1.165) is 22.6 Å². The molecule has 0 saturated heterocycles. The highest BCUT2D eigenvalue weighted by Gasteiger charge is 2.03. The summed E-state index contributed by atoms with van der Waals surface area (Å²) in [6, 6.07) is 7.88. The molecule has 16 heavy (non-hydrogen) atoms. The van der Waals surface area contributed by atoms with E-state index in [1.54, 1.807) is 4.68 Å². The number of rotatable bonds is 3. The number of nitrogen functional groups attached to an aromatic ring is 1. The smallest absolute Gasteiger partial charge is 0.0815 e. The van der Waals surface area contributed by atoms with Gasteiger partial charge in [-0.1, -0.05) is 12.1 Å². The van der Waals surface area contributed by atoms with E-state index in [2.05, 4.69) is 10.4 Å². The molecule has 0 fully saturated rings. The molecule has 0 aliphatic carbocycles. The van der Waals surface area contributed by atoms with Crippen molar-refractivity contribution in [1.29, 1.82) is 0 Å². The van der Waals surface area contributed by atoms with Crippen LogP contribution < -0.4 is 11.1 Å². The van der Waals surface area contributed by atoms with Crippen molar-refractivity contribution in [3.05, 3.63) is 41.7 Å². The number of hydrogen-bond acceptors (Lipinski definition) is 3. The van der Waals surface area contributed by atoms with Gasteiger partial charge < -0.3 is 11.1 Å². The van der Waals surface area contributed by atoms with Crippen molar-refractivity contribution in [3.63, 3.8) is 0 Å². The van der Waals surface area contributed by atoms with Crippen molar-refractivity contribution in [3.8, 4) is 0 Å². The van der Waals surface area contributed by atoms with Crippen LogP contribution in [-0.4, -0.2) is 9.78 Å². The third-order valence-corrected chi connectivity index (χ3v) is 2.52. The third kappa shape index (κ3) is 2.16. The molecule has 0 unspecified atom stereocenters. The Bertz CT molecular complexity index is 467. The number of nitrogens with one attached hydrogen (secondary N) is 1. The summed E-state index contributed by atoms with van der Waals surface area (Å²) in [7, 11) is 1.91. The van der Waals surface area contributed by atoms with Gasteiger partial charge in [0, 0.05) is 13.2 Å². The van der Waals surface area contributed by atoms with Crippen LogP contribution in [0.25, 0.3) is 0 Å². The predicted molar refractivity (Wildman–Crippen MR) is 66.1 cm³/mol. The molecule has 0 bridgehead atoms. The van der Waals surface area contributed by atoms with Crippen LogP contribution in [0, 0.1) is 6.92 Å². The maximum Gasteiger partial charge on any atom is 0.0815 e. The van der Waals surface area contributed by atoms with Crippen LogP contribution >= 0.6 is 0 Å². The van der Waals surface area contributed by atoms with Crippen LogP contribution in [0.2, 0.25) is 0 Å². The van der Waals surface area contributed by atoms with E-state index in [0.29, 0.717) is 6.54 Å². The molecule has 0 radical (unpaired) electrons. The van der Waals surface area contributed by atoms with E-state index in [1.165, 1.54) is 0 Å². The monoisotopic (exact) mass is 216 g/mol. The maximum atomic E-state index is 5.90. The molecule has 1 aromatic heterocycles. The molecule has 0 aliphatic rings. The van der Waals surface area contributed by atoms with Crippen LogP contribution in [0.4, 0.5) is 11.4 Å². The summed E-state index contributed by atoms with van der Waals surface area (Å²) in [4.78, 5) is 0. The topological polar surface area (TPSA) is 55.9 Å². The Kier molecular flexibility index (Phi) is 2.81. The first-order valence-electron chi connectivity index (χ1n) is 5.24. The highest BCUT2D eigenvalue weighted by Crippen LogP contribution is 2.22. The maximum absolute atomic E-state index is 5.90. The first-order valence-corrected chi connectivity index (χ1v) is 5.24. The Balaban J connectivity index is 2.10. The van der Waals surface area contributed by atoms with Gasteiger partial charge in [0.25, 0.3) is 0 Å². The lowest BCUT2D eigenvalue weighted by molar-refractivity contribution is 0.747. The van der Waals surface area contributed by atoms with Crippen molar-refractivity contribution in [2.24, 2.45) is 7.05 Å². The van der Waals surface area contributed by atoms with E-state index in [4.69, 9.17) is 5.73 Å². The van der Waals surface area contributed by atoms with Gasteiger partial charge >= 0.3 is 0 Å². The first-order chi connectivity index (χ1) is 7.66. The van der Waals surface area contributed by atoms with Crippen molar-refractivity contribution in [2.75, 3.05) is 11.1 Å². The number of para-hydroxylation sites is 1. The minimum atomic E-state index is 0.690. The number of aryl methyl sites for hydroxylation is 2. The molecule has 2 rings (SSSR count). The number of hydrogen-bond donors (Lipinski definition) is 2. The van der Waals surface area contributed by atoms with Gasteiger partial charge in [0.2, 0.25) is 0 Å². The minimum Gasteiger partial charge on any atom is -0.397 e. The molecule has 2 aromatic rings. The van der Waals surface area contributed by atoms with E-state index < -0.39 is 0 Å². The molecule has 1 aromatic carbocycles. The molecule has 0 atom stereocenters. The zero-order valence-electron chi connectivity index (χ0n) is 9.57. The summed E-state index contributed by atoms with van der Waals surface area (Å²) in [5.41, 5.74) is 9.82. The van der Waals surface area contributed by atoms with Crippen molar-refractivity contribution < 1.29 is 0 Å². The summed E-state index contributed by atoms with van der Waals surface area (Å²) in [5, 5.41) is 7.61. The second-order valence-corrected chi connectivity index (χ2v) is 3.87. The fraction of sp³-hybridized carbons (Fsp3) is 0.250. The van der Waals surface area contributed by atoms with Crippen LogP contribution in [0.15, 0.2) is 30.5 Å². The molecular formula is C12H16N4. The third-order valence-electron chi connectivity index (χ3n) is 2.52. The van der Waals surface area contributed by atoms with E-state index in [1.807, 2.05) is 44.4 Å². The van der Waals surface area contributed by atoms with Crippen LogP contribution in [0.3, 0.4) is 0 Å². The fourth-order valence-corrected chi connectivity index (χ4v) is 1.67. The first kappa shape index (κ1) is 10.5. The van der Waals surface area contributed by atoms with Crippen molar-refractivity contribution >= 4 is 11.4 Å². The lowest BCUT2D eigenvalue weighted by Gasteiger charge is -2.10. The zero-order chi connectivity index (χ0) is 11.5. The Morgan fingerprint density at radius 3 is 2.81 bits per heavy atom. The molecule has 0 amide bonds. The fourth-order valence-electron chi connectivity index (χ4n) is 1.67. The normalized spacial score (nSPS) is 10.4. The quantitative estimate of drug-likeness (QED) is 0.771. The lowest BCUT2D eigenvalue weighted by atomic mass is 10.1. The van der Waals surface area contributed by atoms with Gasteiger partial charge in [-0.2, -0.15) is 5.10 Å². The standard InChI is InChI=1S/C12H16N4/c1-9-4-3-5-11(13)12(9)14-8-10-6-7-16(2)15-10/h3-7,14H,8,13H2,1-2H3. The molecule has 0 aliphatic heterocycles. The summed E-state index contributed by atoms with van der Waals surface area (Å²) in [6.45, 7) is 2.73. The van der Waals surface area contributed by atoms with Crippen molar-refractivity contribution in [1.82, 2.24) is 9.78 Å². The highest BCUT2D eigenvalue weighted by atomic mass is 15.3. The molecule has 4 nitrogen and oxygen atoms in total. The molecule has 4 heteroatoms. The Labute approximate surface area is 95.1 Å². The number of benzene rings is 1. The molecule has 0 spiro atoms. The van der Waals surface area contributed by atoms with E-state index in [9.17, 15) is 0 Å². The Morgan fingerprint density at radius 1 is 1.38 bits per heavy atom. The molecule has 3 N–H and O–H groups in total. The number of aromatic nitrogens is 2. The highest BCUT2D eigenvalue weighted by molar-refractivity contribution is 5.69. The van der Waals surface area contributed by atoms with Crippen molar-refractivity contribution in [2.45, 2.75) is 13.5 Å². The van der Waals surface area contributed by atoms with E-state index >= 15 is 0 Å². The van der Waals surface area contributed by atoms with E-state index in [-0.39, 0.29) is 0 Å². The van der Waals surface area contributed by atoms with Gasteiger partial charge in [-0.05, 0) is 24.6 Å². The van der Waals surface area contributed by atoms with Gasteiger partial charge in [0.15, 0.2) is 0 Å². The van der Waals surface area contributed by atoms with Gasteiger partial charge in [-0.15, -0.1) is 0 Å². The zero-order valence-corrected chi connectivity index (χ0v) is 9.57. The SMILES string of the molecule is Cc1cccc(N)c1NCc1ccn(C)n1. The average Bonchev–Trinajstić information content (AvgIpc) is 2.63. The predicted octanol–water partition coefficient (Wildman–Crippen LogP) is 1.92. The summed E-state index contributed by atoms with van der Waals surface area (Å²) in [6.07, 6.45) is 1.93. The van der Waals surface area contributed by atoms with Gasteiger partial charge in [0.1, 0.15) is 0 Å². The second kappa shape index (κ2) is 4.26.